The molecule has 1 fully saturated rings. The van der Waals surface area contributed by atoms with Crippen LogP contribution in [0.25, 0.3) is 0 Å². The van der Waals surface area contributed by atoms with Crippen molar-refractivity contribution < 1.29 is 19.0 Å². The van der Waals surface area contributed by atoms with Crippen LogP contribution in [0.4, 0.5) is 5.69 Å². The molecule has 1 N–H and O–H groups in total. The molecule has 0 radical (unpaired) electrons. The van der Waals surface area contributed by atoms with Crippen LogP contribution in [-0.2, 0) is 9.53 Å². The smallest absolute Gasteiger partial charge is 0.262 e. The highest BCUT2D eigenvalue weighted by atomic mass is 32.1. The maximum atomic E-state index is 12.1. The van der Waals surface area contributed by atoms with E-state index in [1.54, 1.807) is 19.2 Å². The van der Waals surface area contributed by atoms with E-state index in [-0.39, 0.29) is 24.7 Å². The Balaban J connectivity index is 1.52. The third-order valence-corrected chi connectivity index (χ3v) is 5.03. The maximum absolute atomic E-state index is 12.1. The number of benzene rings is 2. The molecule has 3 rings (SSSR count). The van der Waals surface area contributed by atoms with Crippen molar-refractivity contribution in [3.8, 4) is 11.5 Å². The Hall–Kier alpha value is -2.64. The molecule has 0 bridgehead atoms. The Bertz CT molecular complexity index is 846. The zero-order valence-electron chi connectivity index (χ0n) is 16.9. The molecule has 1 amide bonds. The summed E-state index contributed by atoms with van der Waals surface area (Å²) >= 11 is 5.64. The average molecular weight is 415 g/mol. The molecule has 2 aromatic carbocycles. The highest BCUT2D eigenvalue weighted by molar-refractivity contribution is 7.80. The number of hydrogen-bond donors (Lipinski definition) is 1. The van der Waals surface area contributed by atoms with Gasteiger partial charge in [-0.3, -0.25) is 4.79 Å². The molecule has 0 unspecified atom stereocenters. The highest BCUT2D eigenvalue weighted by Gasteiger charge is 2.24. The van der Waals surface area contributed by atoms with Gasteiger partial charge in [-0.15, -0.1) is 0 Å². The van der Waals surface area contributed by atoms with E-state index in [0.717, 1.165) is 23.6 Å². The van der Waals surface area contributed by atoms with Gasteiger partial charge in [0.2, 0.25) is 0 Å². The van der Waals surface area contributed by atoms with Crippen LogP contribution in [0.5, 0.6) is 11.5 Å². The van der Waals surface area contributed by atoms with Crippen molar-refractivity contribution >= 4 is 28.8 Å². The Morgan fingerprint density at radius 3 is 2.48 bits per heavy atom. The van der Waals surface area contributed by atoms with Gasteiger partial charge in [-0.2, -0.15) is 0 Å². The van der Waals surface area contributed by atoms with Gasteiger partial charge in [-0.25, -0.2) is 0 Å². The molecule has 2 atom stereocenters. The summed E-state index contributed by atoms with van der Waals surface area (Å²) in [6.07, 6.45) is 0.310. The van der Waals surface area contributed by atoms with Crippen LogP contribution in [0.1, 0.15) is 19.4 Å². The molecule has 29 heavy (non-hydrogen) atoms. The molecule has 6 nitrogen and oxygen atoms in total. The number of morpholine rings is 1. The van der Waals surface area contributed by atoms with Crippen molar-refractivity contribution in [2.45, 2.75) is 26.1 Å². The number of thiocarbonyl (C=S) groups is 1. The normalized spacial score (nSPS) is 18.8. The van der Waals surface area contributed by atoms with Crippen LogP contribution in [-0.4, -0.2) is 54.8 Å². The fourth-order valence-electron chi connectivity index (χ4n) is 3.27. The minimum Gasteiger partial charge on any atom is -0.497 e. The molecule has 0 spiro atoms. The fraction of sp³-hybridized carbons (Fsp3) is 0.364. The second-order valence-electron chi connectivity index (χ2n) is 7.06. The van der Waals surface area contributed by atoms with E-state index in [0.29, 0.717) is 17.2 Å². The number of anilines is 1. The lowest BCUT2D eigenvalue weighted by Crippen LogP contribution is -2.47. The van der Waals surface area contributed by atoms with Crippen molar-refractivity contribution in [1.82, 2.24) is 4.90 Å². The van der Waals surface area contributed by atoms with Crippen LogP contribution < -0.4 is 14.8 Å². The van der Waals surface area contributed by atoms with E-state index < -0.39 is 0 Å². The van der Waals surface area contributed by atoms with E-state index in [9.17, 15) is 4.79 Å². The minimum atomic E-state index is -0.242. The summed E-state index contributed by atoms with van der Waals surface area (Å²) < 4.78 is 16.5. The summed E-state index contributed by atoms with van der Waals surface area (Å²) in [5, 5.41) is 2.78. The van der Waals surface area contributed by atoms with Crippen LogP contribution in [0.3, 0.4) is 0 Å². The fourth-order valence-corrected chi connectivity index (χ4v) is 3.55. The van der Waals surface area contributed by atoms with E-state index in [1.807, 2.05) is 36.4 Å². The standard InChI is InChI=1S/C22H26N2O4S/c1-15-12-24(13-16(2)28-15)22(29)17-7-9-19(10-8-17)27-14-21(25)23-18-5-4-6-20(11-18)26-3/h4-11,15-16H,12-14H2,1-3H3,(H,23,25)/t15-,16-/m0/s1. The Morgan fingerprint density at radius 2 is 1.83 bits per heavy atom. The third-order valence-electron chi connectivity index (χ3n) is 4.53. The quantitative estimate of drug-likeness (QED) is 0.730. The number of amides is 1. The minimum absolute atomic E-state index is 0.0838. The van der Waals surface area contributed by atoms with Crippen molar-refractivity contribution in [2.24, 2.45) is 0 Å². The summed E-state index contributed by atoms with van der Waals surface area (Å²) in [4.78, 5) is 15.1. The van der Waals surface area contributed by atoms with Gasteiger partial charge in [0.05, 0.1) is 19.3 Å². The molecule has 1 aliphatic heterocycles. The number of carbonyl (C=O) groups is 1. The molecule has 154 valence electrons. The first-order valence-electron chi connectivity index (χ1n) is 9.56. The van der Waals surface area contributed by atoms with Crippen LogP contribution >= 0.6 is 12.2 Å². The first kappa shape index (κ1) is 21.1. The maximum Gasteiger partial charge on any atom is 0.262 e. The molecule has 1 aliphatic rings. The van der Waals surface area contributed by atoms with Crippen LogP contribution in [0, 0.1) is 0 Å². The molecule has 0 aliphatic carbocycles. The van der Waals surface area contributed by atoms with Gasteiger partial charge in [-0.1, -0.05) is 18.3 Å². The summed E-state index contributed by atoms with van der Waals surface area (Å²) in [6, 6.07) is 14.7. The van der Waals surface area contributed by atoms with Gasteiger partial charge in [-0.05, 0) is 50.2 Å². The lowest BCUT2D eigenvalue weighted by atomic mass is 10.1. The zero-order valence-corrected chi connectivity index (χ0v) is 17.7. The number of carbonyl (C=O) groups excluding carboxylic acids is 1. The summed E-state index contributed by atoms with van der Waals surface area (Å²) in [5.74, 6) is 1.05. The largest absolute Gasteiger partial charge is 0.497 e. The van der Waals surface area contributed by atoms with E-state index in [1.165, 1.54) is 0 Å². The second-order valence-corrected chi connectivity index (χ2v) is 7.45. The van der Waals surface area contributed by atoms with Gasteiger partial charge in [0, 0.05) is 30.4 Å². The average Bonchev–Trinajstić information content (AvgIpc) is 2.71. The van der Waals surface area contributed by atoms with E-state index in [4.69, 9.17) is 26.4 Å². The van der Waals surface area contributed by atoms with Crippen molar-refractivity contribution in [3.63, 3.8) is 0 Å². The molecule has 0 saturated carbocycles. The van der Waals surface area contributed by atoms with Crippen molar-refractivity contribution in [1.29, 1.82) is 0 Å². The number of methoxy groups -OCH3 is 1. The third kappa shape index (κ3) is 5.92. The summed E-state index contributed by atoms with van der Waals surface area (Å²) in [6.45, 7) is 5.59. The molecule has 2 aromatic rings. The topological polar surface area (TPSA) is 60.0 Å². The number of hydrogen-bond acceptors (Lipinski definition) is 5. The molecule has 0 aromatic heterocycles. The van der Waals surface area contributed by atoms with Gasteiger partial charge < -0.3 is 24.4 Å². The van der Waals surface area contributed by atoms with Gasteiger partial charge in [0.1, 0.15) is 16.5 Å². The summed E-state index contributed by atoms with van der Waals surface area (Å²) in [7, 11) is 1.58. The second kappa shape index (κ2) is 9.71. The lowest BCUT2D eigenvalue weighted by molar-refractivity contribution is -0.118. The molecular weight excluding hydrogens is 388 g/mol. The Morgan fingerprint density at radius 1 is 1.14 bits per heavy atom. The van der Waals surface area contributed by atoms with Crippen molar-refractivity contribution in [2.75, 3.05) is 32.1 Å². The van der Waals surface area contributed by atoms with Gasteiger partial charge in [0.25, 0.3) is 5.91 Å². The number of ether oxygens (including phenoxy) is 3. The predicted octanol–water partition coefficient (Wildman–Crippen LogP) is 3.50. The molecular formula is C22H26N2O4S. The lowest BCUT2D eigenvalue weighted by Gasteiger charge is -2.37. The van der Waals surface area contributed by atoms with E-state index >= 15 is 0 Å². The number of rotatable bonds is 6. The van der Waals surface area contributed by atoms with Crippen molar-refractivity contribution in [3.05, 3.63) is 54.1 Å². The molecule has 1 saturated heterocycles. The molecule has 7 heteroatoms. The van der Waals surface area contributed by atoms with Crippen LogP contribution in [0.2, 0.25) is 0 Å². The Labute approximate surface area is 176 Å². The highest BCUT2D eigenvalue weighted by Crippen LogP contribution is 2.19. The summed E-state index contributed by atoms with van der Waals surface area (Å²) in [5.41, 5.74) is 1.61. The van der Waals surface area contributed by atoms with Gasteiger partial charge in [0.15, 0.2) is 6.61 Å². The van der Waals surface area contributed by atoms with E-state index in [2.05, 4.69) is 24.1 Å². The number of nitrogens with zero attached hydrogens (tertiary/aromatic N) is 1. The van der Waals surface area contributed by atoms with Crippen LogP contribution in [0.15, 0.2) is 48.5 Å². The number of nitrogens with one attached hydrogen (secondary N) is 1. The van der Waals surface area contributed by atoms with Gasteiger partial charge >= 0.3 is 0 Å². The monoisotopic (exact) mass is 414 g/mol. The SMILES string of the molecule is COc1cccc(NC(=O)COc2ccc(C(=S)N3C[C@H](C)O[C@@H](C)C3)cc2)c1. The first-order valence-corrected chi connectivity index (χ1v) is 9.97. The molecule has 1 heterocycles. The Kier molecular flexibility index (Phi) is 7.06. The zero-order chi connectivity index (χ0) is 20.8. The first-order chi connectivity index (χ1) is 13.9. The predicted molar refractivity (Wildman–Crippen MR) is 117 cm³/mol.